The Morgan fingerprint density at radius 1 is 1.16 bits per heavy atom. The highest BCUT2D eigenvalue weighted by Crippen LogP contribution is 2.58. The smallest absolute Gasteiger partial charge is 0.338 e. The van der Waals surface area contributed by atoms with E-state index in [1.807, 2.05) is 20.8 Å². The lowest BCUT2D eigenvalue weighted by Crippen LogP contribution is -2.50. The third kappa shape index (κ3) is 4.11. The summed E-state index contributed by atoms with van der Waals surface area (Å²) in [5, 5.41) is 21.2. The highest BCUT2D eigenvalue weighted by Gasteiger charge is 2.66. The van der Waals surface area contributed by atoms with E-state index in [-0.39, 0.29) is 35.9 Å². The lowest BCUT2D eigenvalue weighted by atomic mass is 9.67. The van der Waals surface area contributed by atoms with E-state index in [0.29, 0.717) is 5.57 Å². The van der Waals surface area contributed by atoms with Gasteiger partial charge in [-0.05, 0) is 48.8 Å². The predicted octanol–water partition coefficient (Wildman–Crippen LogP) is 3.18. The molecule has 0 unspecified atom stereocenters. The number of phenols is 1. The van der Waals surface area contributed by atoms with Crippen LogP contribution in [0.25, 0.3) is 0 Å². The van der Waals surface area contributed by atoms with Crippen LogP contribution < -0.4 is 0 Å². The summed E-state index contributed by atoms with van der Waals surface area (Å²) in [5.74, 6) is -2.14. The van der Waals surface area contributed by atoms with Gasteiger partial charge in [-0.15, -0.1) is 0 Å². The first-order valence-electron chi connectivity index (χ1n) is 10.5. The van der Waals surface area contributed by atoms with Crippen LogP contribution in [0.2, 0.25) is 0 Å². The monoisotopic (exact) mass is 430 g/mol. The summed E-state index contributed by atoms with van der Waals surface area (Å²) in [6, 6.07) is 5.66. The molecule has 0 spiro atoms. The zero-order valence-corrected chi connectivity index (χ0v) is 18.5. The normalized spacial score (nSPS) is 32.8. The fourth-order valence-electron chi connectivity index (χ4n) is 5.10. The van der Waals surface area contributed by atoms with E-state index in [2.05, 4.69) is 0 Å². The number of ether oxygens (including phenoxy) is 2. The van der Waals surface area contributed by atoms with E-state index >= 15 is 0 Å². The first-order chi connectivity index (χ1) is 14.4. The van der Waals surface area contributed by atoms with Gasteiger partial charge in [-0.3, -0.25) is 9.59 Å². The number of carbonyl (C=O) groups excluding carboxylic acids is 3. The highest BCUT2D eigenvalue weighted by molar-refractivity contribution is 5.96. The molecule has 168 valence electrons. The zero-order chi connectivity index (χ0) is 23.1. The lowest BCUT2D eigenvalue weighted by Gasteiger charge is -2.42. The molecule has 2 aliphatic carbocycles. The molecule has 0 saturated heterocycles. The minimum atomic E-state index is -1.32. The number of carbonyl (C=O) groups is 3. The molecule has 3 rings (SSSR count). The van der Waals surface area contributed by atoms with Crippen LogP contribution in [0.5, 0.6) is 5.75 Å². The zero-order valence-electron chi connectivity index (χ0n) is 18.5. The summed E-state index contributed by atoms with van der Waals surface area (Å²) in [4.78, 5) is 37.5. The number of benzene rings is 1. The van der Waals surface area contributed by atoms with Crippen LogP contribution in [0, 0.1) is 17.3 Å². The molecule has 0 aromatic heterocycles. The van der Waals surface area contributed by atoms with E-state index in [1.54, 1.807) is 13.0 Å². The molecular formula is C24H30O7. The SMILES string of the molecule is CC(=O)O[C@@H]1C[C@](O)(C(C)C)[C@H]2[C@H](OC(=O)c3ccc(O)cc3)C=C(C)C(=O)C[C@@]12C. The number of rotatable bonds is 4. The lowest BCUT2D eigenvalue weighted by molar-refractivity contribution is -0.154. The van der Waals surface area contributed by atoms with Crippen molar-refractivity contribution in [1.82, 2.24) is 0 Å². The van der Waals surface area contributed by atoms with Crippen LogP contribution in [-0.2, 0) is 19.1 Å². The average Bonchev–Trinajstić information content (AvgIpc) is 2.82. The Morgan fingerprint density at radius 3 is 2.32 bits per heavy atom. The van der Waals surface area contributed by atoms with Crippen LogP contribution >= 0.6 is 0 Å². The number of phenolic OH excluding ortho intramolecular Hbond substituents is 1. The second-order valence-corrected chi connectivity index (χ2v) is 9.30. The Labute approximate surface area is 182 Å². The van der Waals surface area contributed by atoms with Crippen LogP contribution in [-0.4, -0.2) is 45.7 Å². The number of ketones is 1. The molecule has 31 heavy (non-hydrogen) atoms. The van der Waals surface area contributed by atoms with E-state index in [1.165, 1.54) is 31.2 Å². The van der Waals surface area contributed by atoms with E-state index in [0.717, 1.165) is 0 Å². The molecule has 1 aromatic rings. The van der Waals surface area contributed by atoms with Gasteiger partial charge >= 0.3 is 11.9 Å². The molecule has 5 atom stereocenters. The van der Waals surface area contributed by atoms with E-state index < -0.39 is 41.1 Å². The molecule has 2 aliphatic rings. The first-order valence-corrected chi connectivity index (χ1v) is 10.5. The highest BCUT2D eigenvalue weighted by atomic mass is 16.6. The van der Waals surface area contributed by atoms with Crippen molar-refractivity contribution in [2.24, 2.45) is 17.3 Å². The summed E-state index contributed by atoms with van der Waals surface area (Å²) >= 11 is 0. The molecule has 7 heteroatoms. The minimum absolute atomic E-state index is 0.0223. The Morgan fingerprint density at radius 2 is 1.77 bits per heavy atom. The van der Waals surface area contributed by atoms with Crippen molar-refractivity contribution in [1.29, 1.82) is 0 Å². The van der Waals surface area contributed by atoms with Crippen LogP contribution in [0.15, 0.2) is 35.9 Å². The largest absolute Gasteiger partial charge is 0.508 e. The van der Waals surface area contributed by atoms with Gasteiger partial charge in [-0.1, -0.05) is 20.8 Å². The fraction of sp³-hybridized carbons (Fsp3) is 0.542. The number of Topliss-reactive ketones (excluding diaryl/α,β-unsaturated/α-hetero) is 1. The third-order valence-corrected chi connectivity index (χ3v) is 6.88. The van der Waals surface area contributed by atoms with Crippen molar-refractivity contribution in [2.45, 2.75) is 65.3 Å². The van der Waals surface area contributed by atoms with E-state index in [9.17, 15) is 24.6 Å². The molecular weight excluding hydrogens is 400 g/mol. The van der Waals surface area contributed by atoms with Gasteiger partial charge in [0, 0.05) is 31.1 Å². The van der Waals surface area contributed by atoms with Crippen molar-refractivity contribution in [2.75, 3.05) is 0 Å². The van der Waals surface area contributed by atoms with Crippen molar-refractivity contribution in [3.05, 3.63) is 41.5 Å². The van der Waals surface area contributed by atoms with Crippen molar-refractivity contribution in [3.8, 4) is 5.75 Å². The molecule has 7 nitrogen and oxygen atoms in total. The van der Waals surface area contributed by atoms with Gasteiger partial charge in [0.25, 0.3) is 0 Å². The molecule has 0 heterocycles. The maximum absolute atomic E-state index is 12.9. The van der Waals surface area contributed by atoms with Crippen LogP contribution in [0.3, 0.4) is 0 Å². The molecule has 0 bridgehead atoms. The van der Waals surface area contributed by atoms with Crippen LogP contribution in [0.4, 0.5) is 0 Å². The Bertz CT molecular complexity index is 916. The summed E-state index contributed by atoms with van der Waals surface area (Å²) < 4.78 is 11.4. The number of hydrogen-bond donors (Lipinski definition) is 2. The van der Waals surface area contributed by atoms with Gasteiger partial charge in [0.2, 0.25) is 0 Å². The number of allylic oxidation sites excluding steroid dienone is 1. The maximum Gasteiger partial charge on any atom is 0.338 e. The second-order valence-electron chi connectivity index (χ2n) is 9.30. The van der Waals surface area contributed by atoms with Gasteiger partial charge in [0.15, 0.2) is 5.78 Å². The number of aromatic hydroxyl groups is 1. The number of fused-ring (bicyclic) bond motifs is 1. The number of hydrogen-bond acceptors (Lipinski definition) is 7. The molecule has 0 aliphatic heterocycles. The van der Waals surface area contributed by atoms with E-state index in [4.69, 9.17) is 9.47 Å². The minimum Gasteiger partial charge on any atom is -0.508 e. The predicted molar refractivity (Wildman–Crippen MR) is 112 cm³/mol. The van der Waals surface area contributed by atoms with Gasteiger partial charge < -0.3 is 19.7 Å². The third-order valence-electron chi connectivity index (χ3n) is 6.88. The molecule has 1 saturated carbocycles. The summed E-state index contributed by atoms with van der Waals surface area (Å²) in [5.41, 5.74) is -1.57. The van der Waals surface area contributed by atoms with Crippen molar-refractivity contribution < 1.29 is 34.1 Å². The fourth-order valence-corrected chi connectivity index (χ4v) is 5.10. The molecule has 1 aromatic carbocycles. The summed E-state index contributed by atoms with van der Waals surface area (Å²) in [7, 11) is 0. The second kappa shape index (κ2) is 8.11. The average molecular weight is 430 g/mol. The quantitative estimate of drug-likeness (QED) is 0.706. The summed E-state index contributed by atoms with van der Waals surface area (Å²) in [6.45, 7) is 8.49. The molecule has 0 amide bonds. The molecule has 2 N–H and O–H groups in total. The van der Waals surface area contributed by atoms with Crippen molar-refractivity contribution >= 4 is 17.7 Å². The van der Waals surface area contributed by atoms with Gasteiger partial charge in [-0.25, -0.2) is 4.79 Å². The standard InChI is InChI=1S/C24H30O7/c1-13(2)24(29)12-20(30-15(4)25)23(5)11-18(27)14(3)10-19(21(23)24)31-22(28)16-6-8-17(26)9-7-16/h6-10,13,19-21,26,29H,11-12H2,1-5H3/t19-,20-,21+,23+,24+/m1/s1. The Kier molecular flexibility index (Phi) is 6.02. The molecule has 0 radical (unpaired) electrons. The molecule has 1 fully saturated rings. The first kappa shape index (κ1) is 23.0. The number of aliphatic hydroxyl groups is 1. The Balaban J connectivity index is 2.07. The topological polar surface area (TPSA) is 110 Å². The Hall–Kier alpha value is -2.67. The maximum atomic E-state index is 12.9. The summed E-state index contributed by atoms with van der Waals surface area (Å²) in [6.07, 6.45) is 0.227. The van der Waals surface area contributed by atoms with Crippen molar-refractivity contribution in [3.63, 3.8) is 0 Å². The van der Waals surface area contributed by atoms with Gasteiger partial charge in [0.1, 0.15) is 18.0 Å². The van der Waals surface area contributed by atoms with Crippen LogP contribution in [0.1, 0.15) is 57.8 Å². The van der Waals surface area contributed by atoms with Gasteiger partial charge in [0.05, 0.1) is 11.2 Å². The van der Waals surface area contributed by atoms with Gasteiger partial charge in [-0.2, -0.15) is 0 Å². The number of esters is 2.